The number of H-pyrrole nitrogens is 1. The number of carbonyl (C=O) groups is 1. The molecular weight excluding hydrogens is 374 g/mol. The Morgan fingerprint density at radius 1 is 1.19 bits per heavy atom. The molecule has 0 aliphatic carbocycles. The number of nitrogens with zero attached hydrogens (tertiary/aromatic N) is 1. The summed E-state index contributed by atoms with van der Waals surface area (Å²) in [6, 6.07) is 9.07. The topological polar surface area (TPSA) is 133 Å². The van der Waals surface area contributed by atoms with Crippen molar-refractivity contribution in [3.63, 3.8) is 0 Å². The second-order valence-electron chi connectivity index (χ2n) is 6.19. The molecule has 2 heterocycles. The average Bonchev–Trinajstić information content (AvgIpc) is 3.05. The van der Waals surface area contributed by atoms with Gasteiger partial charge in [-0.25, -0.2) is 18.7 Å². The fourth-order valence-electron chi connectivity index (χ4n) is 3.18. The number of oxazole rings is 1. The molecule has 0 unspecified atom stereocenters. The van der Waals surface area contributed by atoms with Crippen LogP contribution in [0.2, 0.25) is 0 Å². The summed E-state index contributed by atoms with van der Waals surface area (Å²) in [4.78, 5) is 25.3. The third-order valence-electron chi connectivity index (χ3n) is 4.58. The number of rotatable bonds is 3. The number of sulfonamides is 1. The standard InChI is InChI=1S/C17H15N3O6S/c21-16(19-23)11-1-2-12-9-20(6-5-10(12)7-11)27(24,25)13-3-4-15-14(8-13)18-17(22)26-15/h1-4,7-8,23H,5-6,9H2,(H,18,22)(H,19,21). The van der Waals surface area contributed by atoms with Crippen LogP contribution >= 0.6 is 0 Å². The number of hydrogen-bond acceptors (Lipinski definition) is 6. The molecule has 1 aromatic heterocycles. The Morgan fingerprint density at radius 3 is 2.78 bits per heavy atom. The molecule has 0 spiro atoms. The van der Waals surface area contributed by atoms with Crippen LogP contribution < -0.4 is 11.2 Å². The van der Waals surface area contributed by atoms with Gasteiger partial charge in [0, 0.05) is 18.7 Å². The first-order valence-electron chi connectivity index (χ1n) is 8.08. The van der Waals surface area contributed by atoms with E-state index in [2.05, 4.69) is 4.98 Å². The van der Waals surface area contributed by atoms with Gasteiger partial charge in [0.15, 0.2) is 5.58 Å². The zero-order valence-corrected chi connectivity index (χ0v) is 14.7. The summed E-state index contributed by atoms with van der Waals surface area (Å²) in [6.45, 7) is 0.415. The minimum absolute atomic E-state index is 0.0618. The molecule has 0 saturated carbocycles. The maximum absolute atomic E-state index is 13.0. The van der Waals surface area contributed by atoms with Crippen molar-refractivity contribution in [2.75, 3.05) is 6.54 Å². The summed E-state index contributed by atoms with van der Waals surface area (Å²) in [5.41, 5.74) is 4.14. The number of hydrogen-bond donors (Lipinski definition) is 3. The quantitative estimate of drug-likeness (QED) is 0.452. The van der Waals surface area contributed by atoms with Crippen LogP contribution in [0.1, 0.15) is 21.5 Å². The van der Waals surface area contributed by atoms with Crippen LogP contribution in [0.4, 0.5) is 0 Å². The Kier molecular flexibility index (Phi) is 4.10. The van der Waals surface area contributed by atoms with Gasteiger partial charge in [0.05, 0.1) is 10.4 Å². The SMILES string of the molecule is O=C(NO)c1ccc2c(c1)CCN(S(=O)(=O)c1ccc3oc(=O)[nH]c3c1)C2. The molecule has 1 aliphatic rings. The molecule has 0 atom stereocenters. The van der Waals surface area contributed by atoms with Crippen molar-refractivity contribution in [2.45, 2.75) is 17.9 Å². The highest BCUT2D eigenvalue weighted by Crippen LogP contribution is 2.27. The molecule has 3 N–H and O–H groups in total. The van der Waals surface area contributed by atoms with E-state index in [0.29, 0.717) is 17.5 Å². The van der Waals surface area contributed by atoms with Gasteiger partial charge in [-0.2, -0.15) is 4.31 Å². The molecule has 0 fully saturated rings. The lowest BCUT2D eigenvalue weighted by molar-refractivity contribution is 0.0706. The summed E-state index contributed by atoms with van der Waals surface area (Å²) in [5, 5.41) is 8.73. The van der Waals surface area contributed by atoms with Gasteiger partial charge in [-0.3, -0.25) is 15.0 Å². The van der Waals surface area contributed by atoms with Crippen LogP contribution in [0.15, 0.2) is 50.5 Å². The molecule has 0 radical (unpaired) electrons. The lowest BCUT2D eigenvalue weighted by atomic mass is 9.98. The van der Waals surface area contributed by atoms with E-state index in [4.69, 9.17) is 9.62 Å². The zero-order valence-electron chi connectivity index (χ0n) is 13.9. The molecule has 9 nitrogen and oxygen atoms in total. The summed E-state index contributed by atoms with van der Waals surface area (Å²) in [6.07, 6.45) is 0.436. The lowest BCUT2D eigenvalue weighted by Gasteiger charge is -2.28. The number of benzene rings is 2. The number of aromatic amines is 1. The number of aromatic nitrogens is 1. The van der Waals surface area contributed by atoms with E-state index in [0.717, 1.165) is 11.1 Å². The van der Waals surface area contributed by atoms with Gasteiger partial charge in [0.1, 0.15) is 0 Å². The highest BCUT2D eigenvalue weighted by atomic mass is 32.2. The van der Waals surface area contributed by atoms with E-state index in [-0.39, 0.29) is 23.6 Å². The van der Waals surface area contributed by atoms with E-state index >= 15 is 0 Å². The number of carbonyl (C=O) groups excluding carboxylic acids is 1. The highest BCUT2D eigenvalue weighted by Gasteiger charge is 2.29. The number of amides is 1. The first kappa shape index (κ1) is 17.5. The van der Waals surface area contributed by atoms with E-state index < -0.39 is 21.7 Å². The van der Waals surface area contributed by atoms with Crippen molar-refractivity contribution in [2.24, 2.45) is 0 Å². The van der Waals surface area contributed by atoms with Crippen LogP contribution in [0.25, 0.3) is 11.1 Å². The van der Waals surface area contributed by atoms with Crippen LogP contribution in [0, 0.1) is 0 Å². The summed E-state index contributed by atoms with van der Waals surface area (Å²) in [7, 11) is -3.77. The van der Waals surface area contributed by atoms with Gasteiger partial charge in [-0.1, -0.05) is 6.07 Å². The largest absolute Gasteiger partial charge is 0.417 e. The predicted octanol–water partition coefficient (Wildman–Crippen LogP) is 0.987. The molecule has 27 heavy (non-hydrogen) atoms. The fourth-order valence-corrected chi connectivity index (χ4v) is 4.62. The second kappa shape index (κ2) is 6.34. The van der Waals surface area contributed by atoms with Gasteiger partial charge in [-0.05, 0) is 47.9 Å². The van der Waals surface area contributed by atoms with E-state index in [1.807, 2.05) is 0 Å². The second-order valence-corrected chi connectivity index (χ2v) is 8.12. The van der Waals surface area contributed by atoms with Crippen LogP contribution in [-0.4, -0.2) is 35.4 Å². The Morgan fingerprint density at radius 2 is 2.00 bits per heavy atom. The van der Waals surface area contributed by atoms with Crippen LogP contribution in [-0.2, 0) is 23.0 Å². The van der Waals surface area contributed by atoms with Gasteiger partial charge < -0.3 is 4.42 Å². The van der Waals surface area contributed by atoms with Crippen LogP contribution in [0.5, 0.6) is 0 Å². The monoisotopic (exact) mass is 389 g/mol. The molecule has 1 aliphatic heterocycles. The van der Waals surface area contributed by atoms with Gasteiger partial charge in [0.2, 0.25) is 10.0 Å². The van der Waals surface area contributed by atoms with Gasteiger partial charge >= 0.3 is 5.76 Å². The third kappa shape index (κ3) is 3.03. The predicted molar refractivity (Wildman–Crippen MR) is 93.8 cm³/mol. The number of fused-ring (bicyclic) bond motifs is 2. The smallest absolute Gasteiger partial charge is 0.408 e. The molecule has 10 heteroatoms. The molecular formula is C17H15N3O6S. The molecule has 3 aromatic rings. The molecule has 1 amide bonds. The van der Waals surface area contributed by atoms with E-state index in [9.17, 15) is 18.0 Å². The summed E-state index contributed by atoms with van der Waals surface area (Å²) < 4.78 is 32.2. The normalized spacial score (nSPS) is 14.9. The Hall–Kier alpha value is -2.95. The number of nitrogens with one attached hydrogen (secondary N) is 2. The summed E-state index contributed by atoms with van der Waals surface area (Å²) in [5.74, 6) is -1.26. The minimum Gasteiger partial charge on any atom is -0.408 e. The van der Waals surface area contributed by atoms with Crippen molar-refractivity contribution in [3.8, 4) is 0 Å². The highest BCUT2D eigenvalue weighted by molar-refractivity contribution is 7.89. The minimum atomic E-state index is -3.77. The molecule has 4 rings (SSSR count). The Balaban J connectivity index is 1.65. The molecule has 140 valence electrons. The van der Waals surface area contributed by atoms with E-state index in [1.54, 1.807) is 17.6 Å². The van der Waals surface area contributed by atoms with Crippen molar-refractivity contribution < 1.29 is 22.8 Å². The fraction of sp³-hybridized carbons (Fsp3) is 0.176. The lowest BCUT2D eigenvalue weighted by Crippen LogP contribution is -2.36. The Bertz CT molecular complexity index is 1210. The Labute approximate surface area is 153 Å². The van der Waals surface area contributed by atoms with Gasteiger partial charge in [0.25, 0.3) is 5.91 Å². The molecule has 0 saturated heterocycles. The zero-order chi connectivity index (χ0) is 19.2. The molecule has 2 aromatic carbocycles. The maximum Gasteiger partial charge on any atom is 0.417 e. The average molecular weight is 389 g/mol. The van der Waals surface area contributed by atoms with E-state index in [1.165, 1.54) is 28.6 Å². The van der Waals surface area contributed by atoms with Crippen LogP contribution in [0.3, 0.4) is 0 Å². The van der Waals surface area contributed by atoms with Crippen molar-refractivity contribution >= 4 is 27.0 Å². The van der Waals surface area contributed by atoms with Crippen molar-refractivity contribution in [1.82, 2.24) is 14.8 Å². The van der Waals surface area contributed by atoms with Gasteiger partial charge in [-0.15, -0.1) is 0 Å². The van der Waals surface area contributed by atoms with Crippen molar-refractivity contribution in [1.29, 1.82) is 0 Å². The third-order valence-corrected chi connectivity index (χ3v) is 6.42. The molecule has 0 bridgehead atoms. The first-order valence-corrected chi connectivity index (χ1v) is 9.52. The van der Waals surface area contributed by atoms with Crippen molar-refractivity contribution in [3.05, 3.63) is 63.6 Å². The summed E-state index contributed by atoms with van der Waals surface area (Å²) >= 11 is 0. The first-order chi connectivity index (χ1) is 12.9. The maximum atomic E-state index is 13.0. The number of hydroxylamine groups is 1.